The van der Waals surface area contributed by atoms with Crippen LogP contribution in [0.4, 0.5) is 0 Å². The van der Waals surface area contributed by atoms with E-state index in [4.69, 9.17) is 9.47 Å². The topological polar surface area (TPSA) is 47.6 Å². The SMILES string of the molecule is CC(CNC1CCC2(CC1)OCCO2)S(C)=O. The van der Waals surface area contributed by atoms with E-state index in [1.807, 2.05) is 6.92 Å². The van der Waals surface area contributed by atoms with Crippen molar-refractivity contribution in [2.24, 2.45) is 0 Å². The highest BCUT2D eigenvalue weighted by molar-refractivity contribution is 7.84. The summed E-state index contributed by atoms with van der Waals surface area (Å²) in [5.41, 5.74) is 0. The van der Waals surface area contributed by atoms with E-state index >= 15 is 0 Å². The first-order valence-electron chi connectivity index (χ1n) is 6.45. The van der Waals surface area contributed by atoms with Gasteiger partial charge in [-0.05, 0) is 19.8 Å². The van der Waals surface area contributed by atoms with Crippen LogP contribution in [0, 0.1) is 0 Å². The summed E-state index contributed by atoms with van der Waals surface area (Å²) in [6.45, 7) is 4.34. The molecule has 2 atom stereocenters. The van der Waals surface area contributed by atoms with Gasteiger partial charge in [0.1, 0.15) is 0 Å². The fraction of sp³-hybridized carbons (Fsp3) is 1.00. The molecule has 1 aliphatic carbocycles. The van der Waals surface area contributed by atoms with Crippen molar-refractivity contribution < 1.29 is 13.7 Å². The average molecular weight is 261 g/mol. The molecule has 1 heterocycles. The monoisotopic (exact) mass is 261 g/mol. The molecule has 1 saturated heterocycles. The van der Waals surface area contributed by atoms with Crippen molar-refractivity contribution in [2.45, 2.75) is 49.7 Å². The quantitative estimate of drug-likeness (QED) is 0.821. The van der Waals surface area contributed by atoms with E-state index in [1.165, 1.54) is 0 Å². The maximum Gasteiger partial charge on any atom is 0.168 e. The normalized spacial score (nSPS) is 28.4. The molecule has 1 N–H and O–H groups in total. The first-order valence-corrected chi connectivity index (χ1v) is 8.07. The van der Waals surface area contributed by atoms with E-state index in [0.29, 0.717) is 6.04 Å². The first kappa shape index (κ1) is 13.5. The molecule has 1 saturated carbocycles. The van der Waals surface area contributed by atoms with Gasteiger partial charge in [0.2, 0.25) is 0 Å². The molecule has 2 rings (SSSR count). The summed E-state index contributed by atoms with van der Waals surface area (Å²) in [5.74, 6) is -0.266. The molecule has 0 radical (unpaired) electrons. The van der Waals surface area contributed by atoms with Crippen molar-refractivity contribution in [3.8, 4) is 0 Å². The number of ether oxygens (including phenoxy) is 2. The molecule has 100 valence electrons. The van der Waals surface area contributed by atoms with Gasteiger partial charge < -0.3 is 14.8 Å². The summed E-state index contributed by atoms with van der Waals surface area (Å²) in [6, 6.07) is 0.527. The highest BCUT2D eigenvalue weighted by Gasteiger charge is 2.40. The molecular formula is C12H23NO3S. The Balaban J connectivity index is 1.70. The minimum Gasteiger partial charge on any atom is -0.348 e. The van der Waals surface area contributed by atoms with Crippen LogP contribution in [0.2, 0.25) is 0 Å². The molecule has 1 spiro atoms. The molecule has 2 aliphatic rings. The second-order valence-electron chi connectivity index (χ2n) is 5.10. The zero-order valence-electron chi connectivity index (χ0n) is 10.7. The van der Waals surface area contributed by atoms with Crippen LogP contribution in [0.15, 0.2) is 0 Å². The van der Waals surface area contributed by atoms with Crippen LogP contribution >= 0.6 is 0 Å². The second kappa shape index (κ2) is 5.78. The Labute approximate surface area is 106 Å². The van der Waals surface area contributed by atoms with Crippen molar-refractivity contribution in [1.29, 1.82) is 0 Å². The van der Waals surface area contributed by atoms with Gasteiger partial charge in [-0.2, -0.15) is 0 Å². The van der Waals surface area contributed by atoms with Gasteiger partial charge in [0.25, 0.3) is 0 Å². The van der Waals surface area contributed by atoms with Gasteiger partial charge >= 0.3 is 0 Å². The maximum absolute atomic E-state index is 11.3. The highest BCUT2D eigenvalue weighted by Crippen LogP contribution is 2.35. The lowest BCUT2D eigenvalue weighted by molar-refractivity contribution is -0.179. The van der Waals surface area contributed by atoms with Crippen molar-refractivity contribution in [3.63, 3.8) is 0 Å². The van der Waals surface area contributed by atoms with Crippen LogP contribution in [0.5, 0.6) is 0 Å². The molecule has 1 aliphatic heterocycles. The molecule has 2 fully saturated rings. The van der Waals surface area contributed by atoms with E-state index in [1.54, 1.807) is 6.26 Å². The third kappa shape index (κ3) is 3.50. The second-order valence-corrected chi connectivity index (χ2v) is 6.90. The van der Waals surface area contributed by atoms with E-state index < -0.39 is 10.8 Å². The third-order valence-corrected chi connectivity index (χ3v) is 5.12. The van der Waals surface area contributed by atoms with Crippen LogP contribution in [0.1, 0.15) is 32.6 Å². The fourth-order valence-corrected chi connectivity index (χ4v) is 2.83. The molecular weight excluding hydrogens is 238 g/mol. The van der Waals surface area contributed by atoms with Crippen LogP contribution in [-0.4, -0.2) is 47.3 Å². The lowest BCUT2D eigenvalue weighted by Gasteiger charge is -2.36. The number of hydrogen-bond acceptors (Lipinski definition) is 4. The van der Waals surface area contributed by atoms with Gasteiger partial charge in [0.05, 0.1) is 13.2 Å². The summed E-state index contributed by atoms with van der Waals surface area (Å²) in [7, 11) is -0.735. The van der Waals surface area contributed by atoms with Crippen molar-refractivity contribution in [2.75, 3.05) is 26.0 Å². The molecule has 0 aromatic heterocycles. The number of rotatable bonds is 4. The van der Waals surface area contributed by atoms with E-state index in [9.17, 15) is 4.21 Å². The highest BCUT2D eigenvalue weighted by atomic mass is 32.2. The van der Waals surface area contributed by atoms with Gasteiger partial charge in [0.15, 0.2) is 5.79 Å². The zero-order valence-corrected chi connectivity index (χ0v) is 11.6. The molecule has 2 unspecified atom stereocenters. The maximum atomic E-state index is 11.3. The van der Waals surface area contributed by atoms with Crippen molar-refractivity contribution in [3.05, 3.63) is 0 Å². The summed E-state index contributed by atoms with van der Waals surface area (Å²) in [6.07, 6.45) is 5.90. The standard InChI is InChI=1S/C12H23NO3S/c1-10(17(2)14)9-13-11-3-5-12(6-4-11)15-7-8-16-12/h10-11,13H,3-9H2,1-2H3. The Morgan fingerprint density at radius 2 is 1.94 bits per heavy atom. The molecule has 0 aromatic carbocycles. The fourth-order valence-electron chi connectivity index (χ4n) is 2.50. The minimum absolute atomic E-state index is 0.227. The van der Waals surface area contributed by atoms with Gasteiger partial charge in [-0.25, -0.2) is 0 Å². The summed E-state index contributed by atoms with van der Waals surface area (Å²) >= 11 is 0. The Hall–Kier alpha value is 0.0300. The Morgan fingerprint density at radius 3 is 2.47 bits per heavy atom. The molecule has 0 amide bonds. The van der Waals surface area contributed by atoms with E-state index in [2.05, 4.69) is 5.32 Å². The van der Waals surface area contributed by atoms with Crippen LogP contribution < -0.4 is 5.32 Å². The van der Waals surface area contributed by atoms with Gasteiger partial charge in [0, 0.05) is 47.7 Å². The van der Waals surface area contributed by atoms with Gasteiger partial charge in [-0.15, -0.1) is 0 Å². The third-order valence-electron chi connectivity index (χ3n) is 3.82. The van der Waals surface area contributed by atoms with Crippen LogP contribution in [-0.2, 0) is 20.3 Å². The van der Waals surface area contributed by atoms with Crippen molar-refractivity contribution >= 4 is 10.8 Å². The molecule has 0 bridgehead atoms. The smallest absolute Gasteiger partial charge is 0.168 e. The number of nitrogens with one attached hydrogen (secondary N) is 1. The number of hydrogen-bond donors (Lipinski definition) is 1. The predicted molar refractivity (Wildman–Crippen MR) is 68.4 cm³/mol. The van der Waals surface area contributed by atoms with E-state index in [0.717, 1.165) is 45.4 Å². The largest absolute Gasteiger partial charge is 0.348 e. The average Bonchev–Trinajstić information content (AvgIpc) is 2.76. The molecule has 17 heavy (non-hydrogen) atoms. The summed E-state index contributed by atoms with van der Waals surface area (Å²) in [5, 5.41) is 3.73. The lowest BCUT2D eigenvalue weighted by Crippen LogP contribution is -2.44. The zero-order chi connectivity index (χ0) is 12.3. The minimum atomic E-state index is -0.735. The Morgan fingerprint density at radius 1 is 1.35 bits per heavy atom. The van der Waals surface area contributed by atoms with Gasteiger partial charge in [-0.1, -0.05) is 0 Å². The predicted octanol–water partition coefficient (Wildman–Crippen LogP) is 1.03. The van der Waals surface area contributed by atoms with Gasteiger partial charge in [-0.3, -0.25) is 4.21 Å². The lowest BCUT2D eigenvalue weighted by atomic mass is 9.90. The Kier molecular flexibility index (Phi) is 4.58. The van der Waals surface area contributed by atoms with E-state index in [-0.39, 0.29) is 11.0 Å². The summed E-state index contributed by atoms with van der Waals surface area (Å²) < 4.78 is 22.6. The molecule has 0 aromatic rings. The van der Waals surface area contributed by atoms with Crippen molar-refractivity contribution in [1.82, 2.24) is 5.32 Å². The van der Waals surface area contributed by atoms with Crippen LogP contribution in [0.3, 0.4) is 0 Å². The van der Waals surface area contributed by atoms with Crippen LogP contribution in [0.25, 0.3) is 0 Å². The molecule has 5 heteroatoms. The first-order chi connectivity index (χ1) is 8.11. The Bertz CT molecular complexity index is 269. The molecule has 4 nitrogen and oxygen atoms in total. The summed E-state index contributed by atoms with van der Waals surface area (Å²) in [4.78, 5) is 0.